The molecule has 4 aromatic carbocycles. The number of hydrogen-bond acceptors (Lipinski definition) is 2. The first-order valence-electron chi connectivity index (χ1n) is 12.1. The Morgan fingerprint density at radius 3 is 1.71 bits per heavy atom. The van der Waals surface area contributed by atoms with E-state index < -0.39 is 75.3 Å². The standard InChI is InChI=1S/C30H18F10O2/c1-2-3-15-8-20(31)27(21(32)9-15)18-12-22(33)28(23(34)13-18)30(39,40)42-19-6-4-16(5-7-19)17-10-24(35)29(25(36)11-17)41-14-26(37)38/h4-14H,2-3H2,1H3. The van der Waals surface area contributed by atoms with Crippen LogP contribution in [0.25, 0.3) is 22.3 Å². The molecular weight excluding hydrogens is 582 g/mol. The van der Waals surface area contributed by atoms with E-state index >= 15 is 0 Å². The average Bonchev–Trinajstić information content (AvgIpc) is 2.87. The van der Waals surface area contributed by atoms with Gasteiger partial charge >= 0.3 is 12.2 Å². The van der Waals surface area contributed by atoms with Crippen LogP contribution >= 0.6 is 0 Å². The van der Waals surface area contributed by atoms with Crippen LogP contribution in [0.2, 0.25) is 0 Å². The summed E-state index contributed by atoms with van der Waals surface area (Å²) >= 11 is 0. The Morgan fingerprint density at radius 1 is 0.690 bits per heavy atom. The SMILES string of the molecule is CCCc1cc(F)c(-c2cc(F)c(C(F)(F)Oc3ccc(-c4cc(F)c(OC=C(F)F)c(F)c4)cc3)c(F)c2)c(F)c1. The summed E-state index contributed by atoms with van der Waals surface area (Å²) in [5.41, 5.74) is -3.01. The van der Waals surface area contributed by atoms with Crippen molar-refractivity contribution in [3.05, 3.63) is 119 Å². The first kappa shape index (κ1) is 30.5. The van der Waals surface area contributed by atoms with Crippen molar-refractivity contribution < 1.29 is 53.4 Å². The molecule has 0 amide bonds. The number of rotatable bonds is 9. The first-order chi connectivity index (χ1) is 19.8. The minimum atomic E-state index is -4.60. The second-order valence-electron chi connectivity index (χ2n) is 8.94. The van der Waals surface area contributed by atoms with Gasteiger partial charge < -0.3 is 9.47 Å². The molecule has 220 valence electrons. The van der Waals surface area contributed by atoms with E-state index in [0.29, 0.717) is 30.5 Å². The third-order valence-electron chi connectivity index (χ3n) is 5.96. The summed E-state index contributed by atoms with van der Waals surface area (Å²) in [7, 11) is 0. The van der Waals surface area contributed by atoms with Crippen molar-refractivity contribution in [2.75, 3.05) is 0 Å². The molecule has 0 radical (unpaired) electrons. The highest BCUT2D eigenvalue weighted by molar-refractivity contribution is 5.67. The highest BCUT2D eigenvalue weighted by Gasteiger charge is 2.41. The molecule has 0 saturated heterocycles. The molecule has 4 aromatic rings. The van der Waals surface area contributed by atoms with Gasteiger partial charge in [-0.2, -0.15) is 17.6 Å². The lowest BCUT2D eigenvalue weighted by molar-refractivity contribution is -0.189. The van der Waals surface area contributed by atoms with Crippen molar-refractivity contribution >= 4 is 0 Å². The van der Waals surface area contributed by atoms with E-state index in [1.165, 1.54) is 0 Å². The molecule has 0 N–H and O–H groups in total. The first-order valence-corrected chi connectivity index (χ1v) is 12.1. The van der Waals surface area contributed by atoms with Crippen LogP contribution in [-0.2, 0) is 12.5 Å². The van der Waals surface area contributed by atoms with Gasteiger partial charge in [0.15, 0.2) is 23.6 Å². The van der Waals surface area contributed by atoms with Gasteiger partial charge in [-0.25, -0.2) is 26.3 Å². The Labute approximate surface area is 232 Å². The molecule has 4 rings (SSSR count). The lowest BCUT2D eigenvalue weighted by Crippen LogP contribution is -2.25. The number of benzene rings is 4. The van der Waals surface area contributed by atoms with E-state index in [0.717, 1.165) is 48.5 Å². The highest BCUT2D eigenvalue weighted by Crippen LogP contribution is 2.39. The molecule has 0 saturated carbocycles. The zero-order valence-corrected chi connectivity index (χ0v) is 21.4. The van der Waals surface area contributed by atoms with Gasteiger partial charge in [0.25, 0.3) is 0 Å². The van der Waals surface area contributed by atoms with Crippen molar-refractivity contribution in [1.82, 2.24) is 0 Å². The van der Waals surface area contributed by atoms with Crippen molar-refractivity contribution in [2.24, 2.45) is 0 Å². The van der Waals surface area contributed by atoms with Crippen LogP contribution in [0.5, 0.6) is 11.5 Å². The molecule has 0 heterocycles. The second-order valence-corrected chi connectivity index (χ2v) is 8.94. The zero-order valence-electron chi connectivity index (χ0n) is 21.4. The summed E-state index contributed by atoms with van der Waals surface area (Å²) in [6.45, 7) is 1.78. The van der Waals surface area contributed by atoms with Crippen LogP contribution in [0, 0.1) is 34.9 Å². The van der Waals surface area contributed by atoms with E-state index in [9.17, 15) is 43.9 Å². The van der Waals surface area contributed by atoms with Crippen LogP contribution in [0.1, 0.15) is 24.5 Å². The van der Waals surface area contributed by atoms with Crippen molar-refractivity contribution in [3.63, 3.8) is 0 Å². The van der Waals surface area contributed by atoms with Crippen molar-refractivity contribution in [1.29, 1.82) is 0 Å². The summed E-state index contributed by atoms with van der Waals surface area (Å²) in [5, 5.41) is 0. The van der Waals surface area contributed by atoms with Gasteiger partial charge in [0.05, 0.1) is 5.56 Å². The molecule has 0 aliphatic heterocycles. The quantitative estimate of drug-likeness (QED) is 0.141. The Kier molecular flexibility index (Phi) is 8.83. The summed E-state index contributed by atoms with van der Waals surface area (Å²) in [5.74, 6) is -10.3. The lowest BCUT2D eigenvalue weighted by atomic mass is 9.98. The Bertz CT molecular complexity index is 1580. The van der Waals surface area contributed by atoms with Gasteiger partial charge in [0.2, 0.25) is 0 Å². The van der Waals surface area contributed by atoms with Crippen LogP contribution in [0.15, 0.2) is 73.0 Å². The van der Waals surface area contributed by atoms with Gasteiger partial charge in [0, 0.05) is 0 Å². The van der Waals surface area contributed by atoms with Crippen LogP contribution < -0.4 is 9.47 Å². The van der Waals surface area contributed by atoms with Gasteiger partial charge in [-0.3, -0.25) is 0 Å². The molecule has 0 aliphatic carbocycles. The maximum absolute atomic E-state index is 14.9. The lowest BCUT2D eigenvalue weighted by Gasteiger charge is -2.20. The van der Waals surface area contributed by atoms with Gasteiger partial charge in [-0.1, -0.05) is 25.5 Å². The van der Waals surface area contributed by atoms with Gasteiger partial charge in [0.1, 0.15) is 34.6 Å². The van der Waals surface area contributed by atoms with E-state index in [1.54, 1.807) is 6.92 Å². The molecule has 0 bridgehead atoms. The average molecular weight is 600 g/mol. The van der Waals surface area contributed by atoms with Crippen molar-refractivity contribution in [3.8, 4) is 33.8 Å². The maximum atomic E-state index is 14.9. The molecule has 0 aromatic heterocycles. The molecule has 0 aliphatic rings. The monoisotopic (exact) mass is 600 g/mol. The molecule has 12 heteroatoms. The minimum Gasteiger partial charge on any atom is -0.453 e. The zero-order chi connectivity index (χ0) is 30.8. The molecule has 42 heavy (non-hydrogen) atoms. The molecule has 2 nitrogen and oxygen atoms in total. The summed E-state index contributed by atoms with van der Waals surface area (Å²) < 4.78 is 150. The number of hydrogen-bond donors (Lipinski definition) is 0. The van der Waals surface area contributed by atoms with Gasteiger partial charge in [-0.05, 0) is 77.2 Å². The normalized spacial score (nSPS) is 11.4. The predicted molar refractivity (Wildman–Crippen MR) is 133 cm³/mol. The minimum absolute atomic E-state index is 0.0675. The van der Waals surface area contributed by atoms with E-state index in [2.05, 4.69) is 9.47 Å². The van der Waals surface area contributed by atoms with E-state index in [4.69, 9.17) is 0 Å². The highest BCUT2D eigenvalue weighted by atomic mass is 19.3. The third-order valence-corrected chi connectivity index (χ3v) is 5.96. The summed E-state index contributed by atoms with van der Waals surface area (Å²) in [6, 6.07) is 8.17. The maximum Gasteiger partial charge on any atom is 0.432 e. The Hall–Kier alpha value is -4.48. The summed E-state index contributed by atoms with van der Waals surface area (Å²) in [6.07, 6.45) is -6.17. The Balaban J connectivity index is 1.58. The molecule has 0 atom stereocenters. The number of aryl methyl sites for hydroxylation is 1. The fourth-order valence-corrected chi connectivity index (χ4v) is 4.19. The fourth-order valence-electron chi connectivity index (χ4n) is 4.19. The largest absolute Gasteiger partial charge is 0.453 e. The number of ether oxygens (including phenoxy) is 2. The van der Waals surface area contributed by atoms with Crippen LogP contribution in [-0.4, -0.2) is 0 Å². The smallest absolute Gasteiger partial charge is 0.432 e. The predicted octanol–water partition coefficient (Wildman–Crippen LogP) is 10.1. The summed E-state index contributed by atoms with van der Waals surface area (Å²) in [4.78, 5) is 0. The molecule has 0 spiro atoms. The molecular formula is C30H18F10O2. The number of alkyl halides is 2. The van der Waals surface area contributed by atoms with E-state index in [1.807, 2.05) is 0 Å². The number of halogens is 10. The van der Waals surface area contributed by atoms with Crippen LogP contribution in [0.4, 0.5) is 43.9 Å². The molecule has 0 unspecified atom stereocenters. The fraction of sp³-hybridized carbons (Fsp3) is 0.133. The third kappa shape index (κ3) is 6.53. The topological polar surface area (TPSA) is 18.5 Å². The van der Waals surface area contributed by atoms with Gasteiger partial charge in [-0.15, -0.1) is 0 Å². The van der Waals surface area contributed by atoms with E-state index in [-0.39, 0.29) is 17.4 Å². The Morgan fingerprint density at radius 2 is 1.21 bits per heavy atom. The van der Waals surface area contributed by atoms with Crippen molar-refractivity contribution in [2.45, 2.75) is 25.9 Å². The molecule has 0 fully saturated rings. The second kappa shape index (κ2) is 12.2. The van der Waals surface area contributed by atoms with Crippen LogP contribution in [0.3, 0.4) is 0 Å².